The predicted octanol–water partition coefficient (Wildman–Crippen LogP) is 3.97. The van der Waals surface area contributed by atoms with Crippen molar-refractivity contribution in [2.24, 2.45) is 0 Å². The van der Waals surface area contributed by atoms with Crippen LogP contribution in [0.25, 0.3) is 10.9 Å². The zero-order valence-corrected chi connectivity index (χ0v) is 17.0. The zero-order chi connectivity index (χ0) is 19.8. The van der Waals surface area contributed by atoms with E-state index in [-0.39, 0.29) is 17.7 Å². The molecule has 27 heavy (non-hydrogen) atoms. The maximum absolute atomic E-state index is 13.3. The summed E-state index contributed by atoms with van der Waals surface area (Å²) in [4.78, 5) is 12.9. The Balaban J connectivity index is 2.20. The molecule has 1 N–H and O–H groups in total. The van der Waals surface area contributed by atoms with Crippen LogP contribution in [0.1, 0.15) is 28.7 Å². The van der Waals surface area contributed by atoms with Crippen LogP contribution in [-0.4, -0.2) is 30.1 Å². The Morgan fingerprint density at radius 2 is 2.00 bits per heavy atom. The van der Waals surface area contributed by atoms with Crippen LogP contribution in [0.3, 0.4) is 0 Å². The van der Waals surface area contributed by atoms with Crippen molar-refractivity contribution < 1.29 is 23.1 Å². The van der Waals surface area contributed by atoms with Crippen LogP contribution in [-0.2, 0) is 21.2 Å². The van der Waals surface area contributed by atoms with Gasteiger partial charge in [-0.3, -0.25) is 4.79 Å². The van der Waals surface area contributed by atoms with Crippen LogP contribution >= 0.6 is 11.3 Å². The molecule has 8 heteroatoms. The van der Waals surface area contributed by atoms with E-state index in [4.69, 9.17) is 9.84 Å². The number of fused-ring (bicyclic) bond motifs is 1. The van der Waals surface area contributed by atoms with Gasteiger partial charge in [0.1, 0.15) is 10.6 Å². The molecule has 0 aliphatic heterocycles. The molecule has 0 bridgehead atoms. The van der Waals surface area contributed by atoms with Gasteiger partial charge in [0.25, 0.3) is 10.0 Å². The highest BCUT2D eigenvalue weighted by Crippen LogP contribution is 2.33. The van der Waals surface area contributed by atoms with Crippen molar-refractivity contribution in [3.8, 4) is 5.75 Å². The fourth-order valence-corrected chi connectivity index (χ4v) is 6.03. The van der Waals surface area contributed by atoms with Crippen LogP contribution < -0.4 is 4.74 Å². The maximum atomic E-state index is 13.3. The summed E-state index contributed by atoms with van der Waals surface area (Å²) >= 11 is 1.44. The average molecular weight is 408 g/mol. The molecule has 0 fully saturated rings. The molecule has 1 aromatic carbocycles. The van der Waals surface area contributed by atoms with Gasteiger partial charge in [-0.25, -0.2) is 12.4 Å². The highest BCUT2D eigenvalue weighted by Gasteiger charge is 2.25. The molecular formula is C19H21NO5S2. The molecule has 0 saturated carbocycles. The highest BCUT2D eigenvalue weighted by molar-refractivity contribution is 7.90. The van der Waals surface area contributed by atoms with Crippen LogP contribution in [0.4, 0.5) is 0 Å². The SMILES string of the molecule is CCOc1ccc2c(c1)c(CCC(=O)O)cn2S(=O)(=O)c1cc(C)sc1C. The van der Waals surface area contributed by atoms with Gasteiger partial charge in [0.2, 0.25) is 0 Å². The van der Waals surface area contributed by atoms with E-state index in [1.807, 2.05) is 13.8 Å². The van der Waals surface area contributed by atoms with E-state index in [1.54, 1.807) is 31.2 Å². The first kappa shape index (κ1) is 19.4. The third-order valence-corrected chi connectivity index (χ3v) is 7.17. The number of aliphatic carboxylic acids is 1. The Bertz CT molecular complexity index is 1110. The summed E-state index contributed by atoms with van der Waals surface area (Å²) < 4.78 is 33.3. The number of carboxylic acids is 1. The number of carbonyl (C=O) groups is 1. The number of hydrogen-bond acceptors (Lipinski definition) is 5. The highest BCUT2D eigenvalue weighted by atomic mass is 32.2. The molecule has 3 rings (SSSR count). The summed E-state index contributed by atoms with van der Waals surface area (Å²) in [6.07, 6.45) is 1.70. The largest absolute Gasteiger partial charge is 0.494 e. The van der Waals surface area contributed by atoms with Crippen molar-refractivity contribution in [2.45, 2.75) is 38.5 Å². The van der Waals surface area contributed by atoms with Gasteiger partial charge >= 0.3 is 5.97 Å². The molecule has 2 heterocycles. The third kappa shape index (κ3) is 3.72. The first-order chi connectivity index (χ1) is 12.7. The number of ether oxygens (including phenoxy) is 1. The van der Waals surface area contributed by atoms with E-state index < -0.39 is 16.0 Å². The quantitative estimate of drug-likeness (QED) is 0.640. The molecule has 0 aliphatic rings. The molecule has 0 radical (unpaired) electrons. The van der Waals surface area contributed by atoms with Crippen LogP contribution in [0.2, 0.25) is 0 Å². The van der Waals surface area contributed by atoms with E-state index in [0.29, 0.717) is 28.8 Å². The summed E-state index contributed by atoms with van der Waals surface area (Å²) in [7, 11) is -3.78. The van der Waals surface area contributed by atoms with Crippen LogP contribution in [0, 0.1) is 13.8 Å². The number of rotatable bonds is 7. The van der Waals surface area contributed by atoms with Crippen molar-refractivity contribution >= 4 is 38.2 Å². The molecule has 0 spiro atoms. The molecule has 0 amide bonds. The topological polar surface area (TPSA) is 85.6 Å². The molecule has 0 atom stereocenters. The molecule has 0 aliphatic carbocycles. The van der Waals surface area contributed by atoms with Crippen LogP contribution in [0.5, 0.6) is 5.75 Å². The minimum absolute atomic E-state index is 0.0748. The molecule has 3 aromatic rings. The second-order valence-electron chi connectivity index (χ2n) is 6.24. The van der Waals surface area contributed by atoms with Crippen molar-refractivity contribution in [3.05, 3.63) is 45.8 Å². The minimum Gasteiger partial charge on any atom is -0.494 e. The lowest BCUT2D eigenvalue weighted by Gasteiger charge is -2.08. The lowest BCUT2D eigenvalue weighted by Crippen LogP contribution is -2.12. The molecule has 0 unspecified atom stereocenters. The monoisotopic (exact) mass is 407 g/mol. The first-order valence-electron chi connectivity index (χ1n) is 8.55. The maximum Gasteiger partial charge on any atom is 0.303 e. The molecular weight excluding hydrogens is 386 g/mol. The lowest BCUT2D eigenvalue weighted by molar-refractivity contribution is -0.136. The summed E-state index contributed by atoms with van der Waals surface area (Å²) in [5, 5.41) is 9.71. The Labute approximate surface area is 162 Å². The Kier molecular flexibility index (Phi) is 5.30. The summed E-state index contributed by atoms with van der Waals surface area (Å²) in [5.41, 5.74) is 1.18. The Hall–Kier alpha value is -2.32. The van der Waals surface area contributed by atoms with Gasteiger partial charge in [0, 0.05) is 27.8 Å². The smallest absolute Gasteiger partial charge is 0.303 e. The van der Waals surface area contributed by atoms with Gasteiger partial charge in [-0.1, -0.05) is 0 Å². The van der Waals surface area contributed by atoms with Crippen molar-refractivity contribution in [1.29, 1.82) is 0 Å². The lowest BCUT2D eigenvalue weighted by atomic mass is 10.1. The minimum atomic E-state index is -3.78. The second kappa shape index (κ2) is 7.36. The third-order valence-electron chi connectivity index (χ3n) is 4.28. The average Bonchev–Trinajstić information content (AvgIpc) is 3.13. The van der Waals surface area contributed by atoms with Crippen molar-refractivity contribution in [2.75, 3.05) is 6.61 Å². The van der Waals surface area contributed by atoms with Gasteiger partial charge in [-0.05, 0) is 57.0 Å². The van der Waals surface area contributed by atoms with E-state index in [0.717, 1.165) is 9.75 Å². The molecule has 6 nitrogen and oxygen atoms in total. The van der Waals surface area contributed by atoms with Gasteiger partial charge in [0.05, 0.1) is 12.1 Å². The summed E-state index contributed by atoms with van der Waals surface area (Å²) in [6.45, 7) is 6.01. The molecule has 144 valence electrons. The van der Waals surface area contributed by atoms with Gasteiger partial charge in [-0.15, -0.1) is 11.3 Å². The predicted molar refractivity (Wildman–Crippen MR) is 105 cm³/mol. The van der Waals surface area contributed by atoms with Gasteiger partial charge in [-0.2, -0.15) is 0 Å². The first-order valence-corrected chi connectivity index (χ1v) is 10.8. The van der Waals surface area contributed by atoms with Gasteiger partial charge < -0.3 is 9.84 Å². The number of hydrogen-bond donors (Lipinski definition) is 1. The number of aryl methyl sites for hydroxylation is 3. The number of aromatic nitrogens is 1. The normalized spacial score (nSPS) is 11.8. The van der Waals surface area contributed by atoms with E-state index in [9.17, 15) is 13.2 Å². The number of benzene rings is 1. The van der Waals surface area contributed by atoms with Crippen molar-refractivity contribution in [1.82, 2.24) is 3.97 Å². The Morgan fingerprint density at radius 3 is 2.59 bits per heavy atom. The molecule has 0 saturated heterocycles. The summed E-state index contributed by atoms with van der Waals surface area (Å²) in [5.74, 6) is -0.302. The van der Waals surface area contributed by atoms with E-state index in [2.05, 4.69) is 0 Å². The zero-order valence-electron chi connectivity index (χ0n) is 15.4. The fourth-order valence-electron chi connectivity index (χ4n) is 3.11. The number of nitrogens with zero attached hydrogens (tertiary/aromatic N) is 1. The number of carboxylic acid groups (broad SMARTS) is 1. The number of thiophene rings is 1. The summed E-state index contributed by atoms with van der Waals surface area (Å²) in [6, 6.07) is 6.88. The van der Waals surface area contributed by atoms with Crippen LogP contribution in [0.15, 0.2) is 35.4 Å². The fraction of sp³-hybridized carbons (Fsp3) is 0.316. The molecule has 2 aromatic heterocycles. The van der Waals surface area contributed by atoms with Gasteiger partial charge in [0.15, 0.2) is 0 Å². The van der Waals surface area contributed by atoms with E-state index in [1.165, 1.54) is 21.5 Å². The van der Waals surface area contributed by atoms with E-state index >= 15 is 0 Å². The standard InChI is InChI=1S/C19H21NO5S2/c1-4-25-15-6-7-17-16(10-15)14(5-8-19(21)22)11-20(17)27(23,24)18-9-12(2)26-13(18)3/h6-7,9-11H,4-5,8H2,1-3H3,(H,21,22). The second-order valence-corrected chi connectivity index (χ2v) is 9.48. The Morgan fingerprint density at radius 1 is 1.26 bits per heavy atom. The van der Waals surface area contributed by atoms with Crippen molar-refractivity contribution in [3.63, 3.8) is 0 Å².